The van der Waals surface area contributed by atoms with Gasteiger partial charge in [-0.1, -0.05) is 6.42 Å². The van der Waals surface area contributed by atoms with Crippen molar-refractivity contribution in [3.05, 3.63) is 23.7 Å². The minimum absolute atomic E-state index is 0.0457. The summed E-state index contributed by atoms with van der Waals surface area (Å²) in [4.78, 5) is 10.8. The van der Waals surface area contributed by atoms with Crippen LogP contribution in [-0.2, 0) is 6.54 Å². The van der Waals surface area contributed by atoms with Crippen molar-refractivity contribution in [3.8, 4) is 0 Å². The van der Waals surface area contributed by atoms with E-state index in [0.717, 1.165) is 6.54 Å². The third kappa shape index (κ3) is 2.66. The molecule has 1 aromatic rings. The van der Waals surface area contributed by atoms with Gasteiger partial charge in [-0.25, -0.2) is 4.79 Å². The van der Waals surface area contributed by atoms with Gasteiger partial charge in [-0.3, -0.25) is 0 Å². The van der Waals surface area contributed by atoms with Gasteiger partial charge in [-0.2, -0.15) is 11.8 Å². The summed E-state index contributed by atoms with van der Waals surface area (Å²) in [6.45, 7) is 1.48. The van der Waals surface area contributed by atoms with Gasteiger partial charge >= 0.3 is 5.97 Å². The normalized spacial score (nSPS) is 17.7. The highest BCUT2D eigenvalue weighted by atomic mass is 32.2. The van der Waals surface area contributed by atoms with E-state index in [9.17, 15) is 4.79 Å². The molecule has 0 unspecified atom stereocenters. The molecule has 1 aliphatic carbocycles. The molecule has 1 aliphatic rings. The molecular weight excluding hydrogens is 238 g/mol. The number of carbonyl (C=O) groups is 1. The molecule has 2 N–H and O–H groups in total. The first-order valence-electron chi connectivity index (χ1n) is 5.72. The van der Waals surface area contributed by atoms with Gasteiger partial charge in [0.25, 0.3) is 0 Å². The summed E-state index contributed by atoms with van der Waals surface area (Å²) in [6.07, 6.45) is 7.36. The molecule has 1 heterocycles. The molecule has 0 bridgehead atoms. The van der Waals surface area contributed by atoms with Crippen molar-refractivity contribution in [1.82, 2.24) is 5.32 Å². The van der Waals surface area contributed by atoms with E-state index in [0.29, 0.717) is 16.9 Å². The lowest BCUT2D eigenvalue weighted by Gasteiger charge is -2.40. The third-order valence-corrected chi connectivity index (χ3v) is 4.82. The molecule has 2 rings (SSSR count). The molecule has 4 nitrogen and oxygen atoms in total. The van der Waals surface area contributed by atoms with Crippen LogP contribution in [0.5, 0.6) is 0 Å². The van der Waals surface area contributed by atoms with Gasteiger partial charge < -0.3 is 14.8 Å². The second kappa shape index (κ2) is 5.14. The van der Waals surface area contributed by atoms with Crippen LogP contribution in [0, 0.1) is 0 Å². The van der Waals surface area contributed by atoms with E-state index in [1.54, 1.807) is 6.07 Å². The molecule has 17 heavy (non-hydrogen) atoms. The van der Waals surface area contributed by atoms with Crippen LogP contribution in [-0.4, -0.2) is 28.6 Å². The Labute approximate surface area is 105 Å². The highest BCUT2D eigenvalue weighted by Crippen LogP contribution is 2.42. The third-order valence-electron chi connectivity index (χ3n) is 3.40. The average Bonchev–Trinajstić information content (AvgIpc) is 2.70. The Morgan fingerprint density at radius 2 is 2.41 bits per heavy atom. The van der Waals surface area contributed by atoms with E-state index in [2.05, 4.69) is 11.6 Å². The molecule has 0 aliphatic heterocycles. The number of carboxylic acids is 1. The summed E-state index contributed by atoms with van der Waals surface area (Å²) in [5.41, 5.74) is 0.716. The van der Waals surface area contributed by atoms with Gasteiger partial charge in [-0.15, -0.1) is 0 Å². The monoisotopic (exact) mass is 255 g/mol. The van der Waals surface area contributed by atoms with Crippen LogP contribution >= 0.6 is 11.8 Å². The lowest BCUT2D eigenvalue weighted by molar-refractivity contribution is 0.0660. The summed E-state index contributed by atoms with van der Waals surface area (Å²) in [6, 6.07) is 1.71. The Morgan fingerprint density at radius 1 is 1.65 bits per heavy atom. The Kier molecular flexibility index (Phi) is 3.79. The Morgan fingerprint density at radius 3 is 2.94 bits per heavy atom. The van der Waals surface area contributed by atoms with E-state index < -0.39 is 5.97 Å². The van der Waals surface area contributed by atoms with Gasteiger partial charge in [0.05, 0.1) is 6.26 Å². The number of rotatable bonds is 6. The van der Waals surface area contributed by atoms with E-state index >= 15 is 0 Å². The Hall–Kier alpha value is -0.940. The molecule has 0 spiro atoms. The zero-order valence-corrected chi connectivity index (χ0v) is 10.7. The van der Waals surface area contributed by atoms with Crippen LogP contribution in [0.25, 0.3) is 0 Å². The molecule has 94 valence electrons. The lowest BCUT2D eigenvalue weighted by Crippen LogP contribution is -2.43. The number of furan rings is 1. The maximum atomic E-state index is 10.8. The van der Waals surface area contributed by atoms with Gasteiger partial charge in [-0.05, 0) is 25.2 Å². The molecule has 0 radical (unpaired) electrons. The van der Waals surface area contributed by atoms with Crippen molar-refractivity contribution in [2.75, 3.05) is 12.8 Å². The first kappa shape index (κ1) is 12.5. The molecule has 0 saturated heterocycles. The molecule has 0 aromatic carbocycles. The summed E-state index contributed by atoms with van der Waals surface area (Å²) >= 11 is 1.90. The van der Waals surface area contributed by atoms with Crippen LogP contribution in [0.1, 0.15) is 35.4 Å². The Balaban J connectivity index is 1.85. The maximum absolute atomic E-state index is 10.8. The van der Waals surface area contributed by atoms with Crippen LogP contribution in [0.4, 0.5) is 0 Å². The predicted molar refractivity (Wildman–Crippen MR) is 67.5 cm³/mol. The lowest BCUT2D eigenvalue weighted by atomic mass is 9.84. The van der Waals surface area contributed by atoms with Crippen molar-refractivity contribution in [3.63, 3.8) is 0 Å². The predicted octanol–water partition coefficient (Wildman–Crippen LogP) is 2.35. The van der Waals surface area contributed by atoms with Crippen LogP contribution in [0.3, 0.4) is 0 Å². The number of thioether (sulfide) groups is 1. The summed E-state index contributed by atoms with van der Waals surface area (Å²) in [7, 11) is 0. The topological polar surface area (TPSA) is 62.5 Å². The quantitative estimate of drug-likeness (QED) is 0.817. The molecular formula is C12H17NO3S. The number of hydrogen-bond donors (Lipinski definition) is 2. The van der Waals surface area contributed by atoms with E-state index in [1.165, 1.54) is 25.5 Å². The second-order valence-corrected chi connectivity index (χ2v) is 5.70. The van der Waals surface area contributed by atoms with Crippen molar-refractivity contribution in [2.45, 2.75) is 30.6 Å². The van der Waals surface area contributed by atoms with Crippen LogP contribution in [0.15, 0.2) is 16.7 Å². The fraction of sp³-hybridized carbons (Fsp3) is 0.583. The fourth-order valence-corrected chi connectivity index (χ4v) is 3.06. The van der Waals surface area contributed by atoms with Gasteiger partial charge in [0.15, 0.2) is 0 Å². The van der Waals surface area contributed by atoms with Gasteiger partial charge in [0.2, 0.25) is 5.76 Å². The van der Waals surface area contributed by atoms with Crippen LogP contribution in [0.2, 0.25) is 0 Å². The summed E-state index contributed by atoms with van der Waals surface area (Å²) in [5, 5.41) is 12.2. The first-order chi connectivity index (χ1) is 8.17. The second-order valence-electron chi connectivity index (χ2n) is 4.42. The average molecular weight is 255 g/mol. The summed E-state index contributed by atoms with van der Waals surface area (Å²) < 4.78 is 5.30. The number of nitrogens with one attached hydrogen (secondary N) is 1. The number of aromatic carboxylic acids is 1. The zero-order chi connectivity index (χ0) is 12.3. The molecule has 0 amide bonds. The van der Waals surface area contributed by atoms with Crippen LogP contribution < -0.4 is 5.32 Å². The first-order valence-corrected chi connectivity index (χ1v) is 6.95. The molecule has 1 aromatic heterocycles. The van der Waals surface area contributed by atoms with Gasteiger partial charge in [0.1, 0.15) is 0 Å². The standard InChI is InChI=1S/C12H17NO3S/c1-17-12(4-2-5-12)8-13-7-9-3-6-16-10(9)11(14)15/h3,6,13H,2,4-5,7-8H2,1H3,(H,14,15). The number of carboxylic acid groups (broad SMARTS) is 1. The van der Waals surface area contributed by atoms with E-state index in [1.807, 2.05) is 11.8 Å². The molecule has 1 fully saturated rings. The molecule has 1 saturated carbocycles. The highest BCUT2D eigenvalue weighted by molar-refractivity contribution is 8.00. The fourth-order valence-electron chi connectivity index (χ4n) is 2.11. The van der Waals surface area contributed by atoms with E-state index in [-0.39, 0.29) is 5.76 Å². The van der Waals surface area contributed by atoms with E-state index in [4.69, 9.17) is 9.52 Å². The molecule has 5 heteroatoms. The molecule has 0 atom stereocenters. The minimum Gasteiger partial charge on any atom is -0.475 e. The largest absolute Gasteiger partial charge is 0.475 e. The summed E-state index contributed by atoms with van der Waals surface area (Å²) in [5.74, 6) is -0.959. The highest BCUT2D eigenvalue weighted by Gasteiger charge is 2.35. The van der Waals surface area contributed by atoms with Crippen molar-refractivity contribution >= 4 is 17.7 Å². The van der Waals surface area contributed by atoms with Gasteiger partial charge in [0, 0.05) is 23.4 Å². The smallest absolute Gasteiger partial charge is 0.372 e. The zero-order valence-electron chi connectivity index (χ0n) is 9.86. The maximum Gasteiger partial charge on any atom is 0.372 e. The Bertz CT molecular complexity index is 393. The SMILES string of the molecule is CSC1(CNCc2ccoc2C(=O)O)CCC1. The van der Waals surface area contributed by atoms with Crippen molar-refractivity contribution in [2.24, 2.45) is 0 Å². The van der Waals surface area contributed by atoms with Crippen molar-refractivity contribution < 1.29 is 14.3 Å². The number of hydrogen-bond acceptors (Lipinski definition) is 4. The minimum atomic E-state index is -1.00. The van der Waals surface area contributed by atoms with Crippen molar-refractivity contribution in [1.29, 1.82) is 0 Å².